The minimum absolute atomic E-state index is 0.0180. The first-order valence-corrected chi connectivity index (χ1v) is 30.3. The Morgan fingerprint density at radius 1 is 0.279 bits per heavy atom. The lowest BCUT2D eigenvalue weighted by atomic mass is 10.1. The number of nitrogens with zero attached hydrogens (tertiary/aromatic N) is 8. The number of hydrogen-bond acceptors (Lipinski definition) is 24. The Labute approximate surface area is 510 Å². The van der Waals surface area contributed by atoms with Gasteiger partial charge in [-0.25, -0.2) is 0 Å². The quantitative estimate of drug-likeness (QED) is 0.0256. The third kappa shape index (κ3) is 48.7. The van der Waals surface area contributed by atoms with Crippen LogP contribution in [0.15, 0.2) is 30.0 Å². The summed E-state index contributed by atoms with van der Waals surface area (Å²) in [5.74, 6) is -2.43. The minimum Gasteiger partial charge on any atom is -0.464 e. The van der Waals surface area contributed by atoms with Gasteiger partial charge in [0.05, 0.1) is 58.2 Å². The lowest BCUT2D eigenvalue weighted by molar-refractivity contribution is -0.147. The molecule has 0 unspecified atom stereocenters. The number of carbonyl (C=O) groups excluding carboxylic acids is 10. The van der Waals surface area contributed by atoms with Crippen LogP contribution in [0.2, 0.25) is 0 Å². The van der Waals surface area contributed by atoms with Gasteiger partial charge in [0, 0.05) is 127 Å². The van der Waals surface area contributed by atoms with Gasteiger partial charge in [-0.2, -0.15) is 0 Å². The predicted molar refractivity (Wildman–Crippen MR) is 332 cm³/mol. The minimum atomic E-state index is -0.460. The number of ether oxygens (including phenoxy) is 6. The van der Waals surface area contributed by atoms with Gasteiger partial charge in [0.15, 0.2) is 17.3 Å². The first-order valence-electron chi connectivity index (χ1n) is 30.3. The molecule has 0 aliphatic heterocycles. The van der Waals surface area contributed by atoms with E-state index in [4.69, 9.17) is 28.4 Å². The topological polar surface area (TPSA) is 307 Å². The molecule has 0 aliphatic rings. The summed E-state index contributed by atoms with van der Waals surface area (Å²) in [6.45, 7) is 14.8. The molecule has 0 amide bonds. The normalized spacial score (nSPS) is 12.5. The van der Waals surface area contributed by atoms with E-state index in [1.165, 1.54) is 0 Å². The molecule has 0 aliphatic carbocycles. The summed E-state index contributed by atoms with van der Waals surface area (Å²) in [6, 6.07) is 0. The monoisotopic (exact) mass is 1210 g/mol. The molecule has 0 spiro atoms. The fourth-order valence-corrected chi connectivity index (χ4v) is 7.48. The average Bonchev–Trinajstić information content (AvgIpc) is 3.53. The summed E-state index contributed by atoms with van der Waals surface area (Å²) in [4.78, 5) is 152. The number of unbranched alkanes of at least 4 members (excludes halogenated alkanes) is 2. The first-order chi connectivity index (χ1) is 41.1. The van der Waals surface area contributed by atoms with E-state index < -0.39 is 17.9 Å². The molecular formula is C62H102N8O16. The van der Waals surface area contributed by atoms with E-state index >= 15 is 0 Å². The summed E-state index contributed by atoms with van der Waals surface area (Å²) in [5.41, 5.74) is 4.41. The molecule has 24 heteroatoms. The van der Waals surface area contributed by atoms with Gasteiger partial charge < -0.3 is 28.4 Å². The van der Waals surface area contributed by atoms with Gasteiger partial charge in [0.2, 0.25) is 0 Å². The number of ketones is 4. The van der Waals surface area contributed by atoms with Crippen LogP contribution in [0.5, 0.6) is 0 Å². The van der Waals surface area contributed by atoms with E-state index in [0.717, 1.165) is 17.1 Å². The molecule has 486 valence electrons. The highest BCUT2D eigenvalue weighted by atomic mass is 16.6. The predicted octanol–water partition coefficient (Wildman–Crippen LogP) is 6.99. The Balaban J connectivity index is 4.77. The van der Waals surface area contributed by atoms with Crippen LogP contribution in [0.25, 0.3) is 0 Å². The Kier molecular flexibility index (Phi) is 47.7. The lowest BCUT2D eigenvalue weighted by Crippen LogP contribution is -2.35. The van der Waals surface area contributed by atoms with E-state index in [-0.39, 0.29) is 171 Å². The molecular weight excluding hydrogens is 1110 g/mol. The third-order valence-electron chi connectivity index (χ3n) is 13.6. The van der Waals surface area contributed by atoms with Gasteiger partial charge in [-0.3, -0.25) is 87.7 Å². The number of hydrogen-bond donors (Lipinski definition) is 0. The first kappa shape index (κ1) is 79.4. The van der Waals surface area contributed by atoms with Crippen molar-refractivity contribution < 1.29 is 76.4 Å². The summed E-state index contributed by atoms with van der Waals surface area (Å²) in [7, 11) is 4.99. The highest BCUT2D eigenvalue weighted by molar-refractivity contribution is 5.91. The van der Waals surface area contributed by atoms with Crippen molar-refractivity contribution in [1.29, 1.82) is 0 Å². The molecule has 0 saturated heterocycles. The standard InChI is InChI=1S/C62H102N8O16/c1-11-53(71)16-12-13-17-54(72)44-66-50(5)23-29-60(78)85-42-36-70(34-40-83-59(77)28-22-49(4)65-10)37-43-86-62(80)31-25-52(7)68-46-56(74)19-15-14-18-55(73)45-67-51(6)24-30-61(79)84-41-35-69(32-38-81-57(75)26-20-47(2)63-8)33-39-82-58(76)27-21-48(3)64-9/h11-46H2,1-10H3. The van der Waals surface area contributed by atoms with Crippen LogP contribution < -0.4 is 0 Å². The summed E-state index contributed by atoms with van der Waals surface area (Å²) in [6.07, 6.45) is 7.35. The molecule has 0 heterocycles. The van der Waals surface area contributed by atoms with Gasteiger partial charge in [0.1, 0.15) is 45.4 Å². The van der Waals surface area contributed by atoms with Crippen molar-refractivity contribution in [1.82, 2.24) is 9.80 Å². The molecule has 0 atom stereocenters. The Hall–Kier alpha value is -6.56. The zero-order valence-corrected chi connectivity index (χ0v) is 53.6. The van der Waals surface area contributed by atoms with Crippen LogP contribution in [0.1, 0.15) is 183 Å². The second-order valence-electron chi connectivity index (χ2n) is 21.0. The highest BCUT2D eigenvalue weighted by Gasteiger charge is 2.16. The van der Waals surface area contributed by atoms with E-state index in [1.54, 1.807) is 41.9 Å². The highest BCUT2D eigenvalue weighted by Crippen LogP contribution is 2.08. The molecule has 0 rings (SSSR count). The number of esters is 6. The molecule has 0 aromatic carbocycles. The van der Waals surface area contributed by atoms with Gasteiger partial charge in [-0.15, -0.1) is 0 Å². The average molecular weight is 1220 g/mol. The largest absolute Gasteiger partial charge is 0.464 e. The Morgan fingerprint density at radius 2 is 0.477 bits per heavy atom. The second kappa shape index (κ2) is 51.6. The van der Waals surface area contributed by atoms with Crippen LogP contribution in [0, 0.1) is 0 Å². The van der Waals surface area contributed by atoms with Crippen LogP contribution in [0.4, 0.5) is 0 Å². The number of carbonyl (C=O) groups is 10. The zero-order chi connectivity index (χ0) is 64.3. The summed E-state index contributed by atoms with van der Waals surface area (Å²) in [5, 5.41) is 0. The van der Waals surface area contributed by atoms with E-state index in [0.29, 0.717) is 120 Å². The molecule has 86 heavy (non-hydrogen) atoms. The van der Waals surface area contributed by atoms with Gasteiger partial charge in [-0.05, 0) is 106 Å². The van der Waals surface area contributed by atoms with Crippen molar-refractivity contribution >= 4 is 93.2 Å². The van der Waals surface area contributed by atoms with Crippen molar-refractivity contribution in [3.05, 3.63) is 0 Å². The van der Waals surface area contributed by atoms with Gasteiger partial charge in [0.25, 0.3) is 0 Å². The van der Waals surface area contributed by atoms with E-state index in [2.05, 4.69) is 30.0 Å². The van der Waals surface area contributed by atoms with Crippen LogP contribution in [-0.2, 0) is 76.4 Å². The smallest absolute Gasteiger partial charge is 0.306 e. The van der Waals surface area contributed by atoms with Crippen LogP contribution >= 0.6 is 0 Å². The molecule has 0 aromatic rings. The molecule has 0 bridgehead atoms. The maximum atomic E-state index is 12.7. The molecule has 0 aromatic heterocycles. The molecule has 0 saturated carbocycles. The molecule has 0 fully saturated rings. The van der Waals surface area contributed by atoms with Crippen molar-refractivity contribution in [2.24, 2.45) is 30.0 Å². The molecule has 0 radical (unpaired) electrons. The summed E-state index contributed by atoms with van der Waals surface area (Å²) >= 11 is 0. The third-order valence-corrected chi connectivity index (χ3v) is 13.6. The van der Waals surface area contributed by atoms with E-state index in [9.17, 15) is 47.9 Å². The van der Waals surface area contributed by atoms with Gasteiger partial charge >= 0.3 is 35.8 Å². The van der Waals surface area contributed by atoms with Crippen molar-refractivity contribution in [3.8, 4) is 0 Å². The number of rotatable bonds is 53. The lowest BCUT2D eigenvalue weighted by Gasteiger charge is -2.22. The van der Waals surface area contributed by atoms with Crippen molar-refractivity contribution in [2.75, 3.05) is 120 Å². The zero-order valence-electron chi connectivity index (χ0n) is 53.6. The second-order valence-corrected chi connectivity index (χ2v) is 21.0. The van der Waals surface area contributed by atoms with Crippen molar-refractivity contribution in [2.45, 2.75) is 183 Å². The van der Waals surface area contributed by atoms with Gasteiger partial charge in [-0.1, -0.05) is 6.92 Å². The van der Waals surface area contributed by atoms with Crippen LogP contribution in [0.3, 0.4) is 0 Å². The maximum absolute atomic E-state index is 12.7. The Morgan fingerprint density at radius 3 is 0.674 bits per heavy atom. The SMILES string of the molecule is CCC(=O)CCCCC(=O)CN=C(C)CCC(=O)OCCN(CCOC(=O)CCC(C)=NC)CCOC(=O)CCC(C)=NCC(=O)CCCCC(=O)CN=C(C)CCC(=O)OCCN(CCOC(=O)CCC(C)=NC)CCOC(=O)CCC(C)=NC. The fourth-order valence-electron chi connectivity index (χ4n) is 7.48. The fraction of sp³-hybridized carbons (Fsp3) is 0.742. The number of Topliss-reactive ketones (excluding diaryl/α,β-unsaturated/α-hetero) is 4. The van der Waals surface area contributed by atoms with Crippen LogP contribution in [-0.4, -0.2) is 223 Å². The molecule has 24 nitrogen and oxygen atoms in total. The van der Waals surface area contributed by atoms with Crippen molar-refractivity contribution in [3.63, 3.8) is 0 Å². The van der Waals surface area contributed by atoms with E-state index in [1.807, 2.05) is 37.5 Å². The maximum Gasteiger partial charge on any atom is 0.306 e. The summed E-state index contributed by atoms with van der Waals surface area (Å²) < 4.78 is 32.5. The number of aliphatic imine (C=N–C) groups is 6. The Bertz CT molecular complexity index is 2250. The molecule has 0 N–H and O–H groups in total.